The zero-order valence-electron chi connectivity index (χ0n) is 12.0. The van der Waals surface area contributed by atoms with Crippen LogP contribution < -0.4 is 0 Å². The monoisotopic (exact) mass is 293 g/mol. The van der Waals surface area contributed by atoms with Gasteiger partial charge in [-0.25, -0.2) is 4.79 Å². The number of ether oxygens (including phenoxy) is 1. The van der Waals surface area contributed by atoms with Crippen LogP contribution in [0.5, 0.6) is 0 Å². The van der Waals surface area contributed by atoms with Crippen LogP contribution in [0.1, 0.15) is 39.1 Å². The Bertz CT molecular complexity index is 685. The first kappa shape index (κ1) is 15.5. The molecular formula is C18H15NO3. The minimum Gasteiger partial charge on any atom is -0.462 e. The summed E-state index contributed by atoms with van der Waals surface area (Å²) in [7, 11) is 0. The van der Waals surface area contributed by atoms with Crippen LogP contribution in [0.25, 0.3) is 0 Å². The second-order valence-corrected chi connectivity index (χ2v) is 4.67. The molecule has 0 unspecified atom stereocenters. The van der Waals surface area contributed by atoms with Gasteiger partial charge in [0.15, 0.2) is 5.78 Å². The van der Waals surface area contributed by atoms with Gasteiger partial charge < -0.3 is 4.74 Å². The van der Waals surface area contributed by atoms with E-state index >= 15 is 0 Å². The summed E-state index contributed by atoms with van der Waals surface area (Å²) >= 11 is 0. The van der Waals surface area contributed by atoms with E-state index in [9.17, 15) is 9.59 Å². The van der Waals surface area contributed by atoms with Gasteiger partial charge >= 0.3 is 5.97 Å². The first-order valence-corrected chi connectivity index (χ1v) is 6.96. The standard InChI is InChI=1S/C18H15NO3/c19-12-4-5-13-22-18(21)16-10-8-15(9-11-16)17(20)14-6-2-1-3-7-14/h1-3,6-11H,4-5,13H2. The van der Waals surface area contributed by atoms with E-state index in [0.29, 0.717) is 29.5 Å². The summed E-state index contributed by atoms with van der Waals surface area (Å²) in [4.78, 5) is 24.0. The van der Waals surface area contributed by atoms with Crippen molar-refractivity contribution in [1.29, 1.82) is 5.26 Å². The highest BCUT2D eigenvalue weighted by Gasteiger charge is 2.11. The lowest BCUT2D eigenvalue weighted by Crippen LogP contribution is -2.07. The Labute approximate surface area is 129 Å². The number of unbranched alkanes of at least 4 members (excludes halogenated alkanes) is 1. The number of rotatable bonds is 6. The predicted molar refractivity (Wildman–Crippen MR) is 81.4 cm³/mol. The minimum absolute atomic E-state index is 0.0884. The second-order valence-electron chi connectivity index (χ2n) is 4.67. The molecule has 0 atom stereocenters. The summed E-state index contributed by atoms with van der Waals surface area (Å²) in [6, 6.07) is 17.3. The molecule has 0 saturated heterocycles. The predicted octanol–water partition coefficient (Wildman–Crippen LogP) is 3.38. The van der Waals surface area contributed by atoms with E-state index in [-0.39, 0.29) is 12.4 Å². The maximum atomic E-state index is 12.2. The Kier molecular flexibility index (Phi) is 5.44. The molecule has 0 radical (unpaired) electrons. The van der Waals surface area contributed by atoms with E-state index in [1.165, 1.54) is 0 Å². The highest BCUT2D eigenvalue weighted by atomic mass is 16.5. The molecule has 0 amide bonds. The molecule has 2 rings (SSSR count). The molecule has 0 saturated carbocycles. The van der Waals surface area contributed by atoms with Crippen LogP contribution in [-0.2, 0) is 4.74 Å². The molecule has 0 heterocycles. The van der Waals surface area contributed by atoms with E-state index in [2.05, 4.69) is 0 Å². The van der Waals surface area contributed by atoms with Crippen molar-refractivity contribution in [3.05, 3.63) is 71.3 Å². The zero-order valence-corrected chi connectivity index (χ0v) is 12.0. The Morgan fingerprint density at radius 3 is 2.14 bits per heavy atom. The molecule has 4 nitrogen and oxygen atoms in total. The summed E-state index contributed by atoms with van der Waals surface area (Å²) in [5.74, 6) is -0.536. The van der Waals surface area contributed by atoms with Crippen LogP contribution >= 0.6 is 0 Å². The molecular weight excluding hydrogens is 278 g/mol. The summed E-state index contributed by atoms with van der Waals surface area (Å²) in [5, 5.41) is 8.40. The maximum absolute atomic E-state index is 12.2. The van der Waals surface area contributed by atoms with E-state index in [1.54, 1.807) is 48.5 Å². The molecule has 0 N–H and O–H groups in total. The van der Waals surface area contributed by atoms with Gasteiger partial charge in [-0.05, 0) is 18.6 Å². The smallest absolute Gasteiger partial charge is 0.338 e. The second kappa shape index (κ2) is 7.75. The third kappa shape index (κ3) is 4.03. The van der Waals surface area contributed by atoms with E-state index < -0.39 is 5.97 Å². The van der Waals surface area contributed by atoms with E-state index in [0.717, 1.165) is 0 Å². The molecule has 22 heavy (non-hydrogen) atoms. The fourth-order valence-corrected chi connectivity index (χ4v) is 1.91. The first-order chi connectivity index (χ1) is 10.7. The lowest BCUT2D eigenvalue weighted by Gasteiger charge is -2.05. The van der Waals surface area contributed by atoms with Gasteiger partial charge in [0.1, 0.15) is 0 Å². The average Bonchev–Trinajstić information content (AvgIpc) is 2.59. The lowest BCUT2D eigenvalue weighted by atomic mass is 10.0. The van der Waals surface area contributed by atoms with Crippen LogP contribution in [0.2, 0.25) is 0 Å². The van der Waals surface area contributed by atoms with E-state index in [4.69, 9.17) is 10.00 Å². The third-order valence-corrected chi connectivity index (χ3v) is 3.08. The molecule has 0 bridgehead atoms. The number of esters is 1. The molecule has 110 valence electrons. The maximum Gasteiger partial charge on any atom is 0.338 e. The Morgan fingerprint density at radius 1 is 0.909 bits per heavy atom. The van der Waals surface area contributed by atoms with Gasteiger partial charge in [-0.2, -0.15) is 5.26 Å². The highest BCUT2D eigenvalue weighted by Crippen LogP contribution is 2.12. The zero-order chi connectivity index (χ0) is 15.8. The topological polar surface area (TPSA) is 67.2 Å². The van der Waals surface area contributed by atoms with Crippen LogP contribution in [0.4, 0.5) is 0 Å². The van der Waals surface area contributed by atoms with Gasteiger partial charge in [-0.15, -0.1) is 0 Å². The molecule has 0 aliphatic carbocycles. The largest absolute Gasteiger partial charge is 0.462 e. The van der Waals surface area contributed by atoms with Crippen LogP contribution in [0.3, 0.4) is 0 Å². The van der Waals surface area contributed by atoms with Crippen molar-refractivity contribution >= 4 is 11.8 Å². The van der Waals surface area contributed by atoms with Gasteiger partial charge in [0.05, 0.1) is 18.2 Å². The summed E-state index contributed by atoms with van der Waals surface area (Å²) in [6.45, 7) is 0.219. The van der Waals surface area contributed by atoms with Crippen molar-refractivity contribution in [3.63, 3.8) is 0 Å². The number of hydrogen-bond acceptors (Lipinski definition) is 4. The number of nitriles is 1. The number of ketones is 1. The van der Waals surface area contributed by atoms with Gasteiger partial charge in [-0.1, -0.05) is 42.5 Å². The van der Waals surface area contributed by atoms with Crippen molar-refractivity contribution in [2.45, 2.75) is 12.8 Å². The molecule has 0 aliphatic heterocycles. The number of carbonyl (C=O) groups excluding carboxylic acids is 2. The van der Waals surface area contributed by atoms with Gasteiger partial charge in [0, 0.05) is 17.5 Å². The number of hydrogen-bond donors (Lipinski definition) is 0. The lowest BCUT2D eigenvalue weighted by molar-refractivity contribution is 0.0501. The normalized spacial score (nSPS) is 9.77. The fourth-order valence-electron chi connectivity index (χ4n) is 1.91. The molecule has 0 fully saturated rings. The van der Waals surface area contributed by atoms with Gasteiger partial charge in [-0.3, -0.25) is 4.79 Å². The molecule has 4 heteroatoms. The van der Waals surface area contributed by atoms with Gasteiger partial charge in [0.2, 0.25) is 0 Å². The summed E-state index contributed by atoms with van der Waals surface area (Å²) in [5.41, 5.74) is 1.52. The van der Waals surface area contributed by atoms with Crippen LogP contribution in [0.15, 0.2) is 54.6 Å². The Hall–Kier alpha value is -2.93. The SMILES string of the molecule is N#CCCCOC(=O)c1ccc(C(=O)c2ccccc2)cc1. The first-order valence-electron chi connectivity index (χ1n) is 6.96. The van der Waals surface area contributed by atoms with Crippen molar-refractivity contribution in [3.8, 4) is 6.07 Å². The number of nitrogens with zero attached hydrogens (tertiary/aromatic N) is 1. The molecule has 0 aliphatic rings. The van der Waals surface area contributed by atoms with Crippen molar-refractivity contribution < 1.29 is 14.3 Å². The summed E-state index contributed by atoms with van der Waals surface area (Å²) < 4.78 is 5.04. The van der Waals surface area contributed by atoms with Crippen LogP contribution in [-0.4, -0.2) is 18.4 Å². The van der Waals surface area contributed by atoms with Crippen LogP contribution in [0, 0.1) is 11.3 Å². The summed E-state index contributed by atoms with van der Waals surface area (Å²) in [6.07, 6.45) is 0.880. The van der Waals surface area contributed by atoms with Crippen molar-refractivity contribution in [2.75, 3.05) is 6.61 Å². The fraction of sp³-hybridized carbons (Fsp3) is 0.167. The molecule has 2 aromatic carbocycles. The van der Waals surface area contributed by atoms with Gasteiger partial charge in [0.25, 0.3) is 0 Å². The highest BCUT2D eigenvalue weighted by molar-refractivity contribution is 6.09. The van der Waals surface area contributed by atoms with Crippen molar-refractivity contribution in [1.82, 2.24) is 0 Å². The van der Waals surface area contributed by atoms with E-state index in [1.807, 2.05) is 12.1 Å². The Morgan fingerprint density at radius 2 is 1.50 bits per heavy atom. The molecule has 0 aromatic heterocycles. The number of carbonyl (C=O) groups is 2. The molecule has 2 aromatic rings. The minimum atomic E-state index is -0.448. The van der Waals surface area contributed by atoms with Crippen molar-refractivity contribution in [2.24, 2.45) is 0 Å². The molecule has 0 spiro atoms. The third-order valence-electron chi connectivity index (χ3n) is 3.08. The average molecular weight is 293 g/mol. The number of benzene rings is 2. The quantitative estimate of drug-likeness (QED) is 0.465. The Balaban J connectivity index is 2.00.